The van der Waals surface area contributed by atoms with Crippen molar-refractivity contribution in [2.24, 2.45) is 17.6 Å². The number of likely N-dealkylation sites (tertiary alicyclic amines) is 1. The van der Waals surface area contributed by atoms with Gasteiger partial charge in [0.05, 0.1) is 18.2 Å². The first-order chi connectivity index (χ1) is 12.5. The molecule has 0 saturated carbocycles. The first kappa shape index (κ1) is 18.6. The molecule has 1 aromatic carbocycles. The smallest absolute Gasteiger partial charge is 0.231 e. The third-order valence-corrected chi connectivity index (χ3v) is 5.30. The van der Waals surface area contributed by atoms with Crippen LogP contribution in [0.3, 0.4) is 0 Å². The number of halogens is 1. The third-order valence-electron chi connectivity index (χ3n) is 5.30. The maximum atomic E-state index is 13.9. The van der Waals surface area contributed by atoms with Gasteiger partial charge in [-0.05, 0) is 43.9 Å². The van der Waals surface area contributed by atoms with Gasteiger partial charge in [-0.3, -0.25) is 14.5 Å². The fourth-order valence-corrected chi connectivity index (χ4v) is 3.95. The number of hydrogen-bond acceptors (Lipinski definition) is 4. The quantitative estimate of drug-likeness (QED) is 0.790. The van der Waals surface area contributed by atoms with Crippen molar-refractivity contribution in [3.8, 4) is 0 Å². The van der Waals surface area contributed by atoms with Gasteiger partial charge in [0.2, 0.25) is 11.8 Å². The molecule has 2 aliphatic rings. The molecule has 2 unspecified atom stereocenters. The molecule has 3 rings (SSSR count). The maximum Gasteiger partial charge on any atom is 0.231 e. The summed E-state index contributed by atoms with van der Waals surface area (Å²) in [7, 11) is 0. The molecular weight excluding hydrogens is 335 g/mol. The van der Waals surface area contributed by atoms with Gasteiger partial charge < -0.3 is 16.0 Å². The summed E-state index contributed by atoms with van der Waals surface area (Å²) in [6.45, 7) is 3.77. The Labute approximate surface area is 153 Å². The number of nitrogens with zero attached hydrogens (tertiary/aromatic N) is 2. The summed E-state index contributed by atoms with van der Waals surface area (Å²) >= 11 is 0. The van der Waals surface area contributed by atoms with E-state index in [4.69, 9.17) is 5.73 Å². The highest BCUT2D eigenvalue weighted by Crippen LogP contribution is 2.26. The molecule has 0 bridgehead atoms. The van der Waals surface area contributed by atoms with Crippen LogP contribution in [0.15, 0.2) is 24.3 Å². The van der Waals surface area contributed by atoms with E-state index < -0.39 is 0 Å². The molecule has 0 aromatic heterocycles. The second kappa shape index (κ2) is 8.49. The number of rotatable bonds is 6. The largest absolute Gasteiger partial charge is 0.369 e. The second-order valence-electron chi connectivity index (χ2n) is 7.34. The van der Waals surface area contributed by atoms with E-state index in [1.165, 1.54) is 6.07 Å². The van der Waals surface area contributed by atoms with Gasteiger partial charge in [-0.1, -0.05) is 12.1 Å². The van der Waals surface area contributed by atoms with E-state index in [0.717, 1.165) is 38.9 Å². The minimum atomic E-state index is -0.356. The topological polar surface area (TPSA) is 78.7 Å². The molecule has 0 radical (unpaired) electrons. The molecule has 142 valence electrons. The number of benzene rings is 1. The number of amides is 2. The summed E-state index contributed by atoms with van der Waals surface area (Å²) < 4.78 is 13.9. The number of anilines is 1. The molecule has 2 amide bonds. The highest BCUT2D eigenvalue weighted by molar-refractivity contribution is 5.79. The van der Waals surface area contributed by atoms with Crippen molar-refractivity contribution in [1.82, 2.24) is 10.2 Å². The Morgan fingerprint density at radius 2 is 2.00 bits per heavy atom. The standard InChI is InChI=1S/C19H27FN4O2/c20-16-5-1-2-6-17(16)24-9-7-14(11-24)10-22-19(26)15-4-3-8-23(12-15)13-18(21)25/h1-2,5-6,14-15H,3-4,7-13H2,(H2,21,25)(H,22,26). The molecule has 2 heterocycles. The molecule has 7 heteroatoms. The van der Waals surface area contributed by atoms with Crippen LogP contribution in [0.4, 0.5) is 10.1 Å². The lowest BCUT2D eigenvalue weighted by atomic mass is 9.96. The Morgan fingerprint density at radius 3 is 2.77 bits per heavy atom. The molecule has 3 N–H and O–H groups in total. The summed E-state index contributed by atoms with van der Waals surface area (Å²) in [5.74, 6) is -0.279. The predicted octanol–water partition coefficient (Wildman–Crippen LogP) is 0.965. The zero-order valence-corrected chi connectivity index (χ0v) is 15.0. The van der Waals surface area contributed by atoms with Crippen molar-refractivity contribution in [3.63, 3.8) is 0 Å². The van der Waals surface area contributed by atoms with Crippen LogP contribution in [0, 0.1) is 17.7 Å². The summed E-state index contributed by atoms with van der Waals surface area (Å²) in [6.07, 6.45) is 2.68. The fraction of sp³-hybridized carbons (Fsp3) is 0.579. The Kier molecular flexibility index (Phi) is 6.08. The SMILES string of the molecule is NC(=O)CN1CCCC(C(=O)NCC2CCN(c3ccccc3F)C2)C1. The molecule has 2 aliphatic heterocycles. The third kappa shape index (κ3) is 4.72. The van der Waals surface area contributed by atoms with Crippen LogP contribution in [0.25, 0.3) is 0 Å². The minimum absolute atomic E-state index is 0.0449. The molecule has 0 aliphatic carbocycles. The van der Waals surface area contributed by atoms with Crippen LogP contribution in [-0.2, 0) is 9.59 Å². The summed E-state index contributed by atoms with van der Waals surface area (Å²) in [4.78, 5) is 27.5. The number of primary amides is 1. The number of nitrogens with two attached hydrogens (primary N) is 1. The number of para-hydroxylation sites is 1. The zero-order valence-electron chi connectivity index (χ0n) is 15.0. The first-order valence-corrected chi connectivity index (χ1v) is 9.31. The van der Waals surface area contributed by atoms with Gasteiger partial charge >= 0.3 is 0 Å². The molecule has 0 spiro atoms. The monoisotopic (exact) mass is 362 g/mol. The normalized spacial score (nSPS) is 23.8. The predicted molar refractivity (Wildman–Crippen MR) is 98.1 cm³/mol. The Morgan fingerprint density at radius 1 is 1.19 bits per heavy atom. The molecule has 26 heavy (non-hydrogen) atoms. The van der Waals surface area contributed by atoms with Crippen molar-refractivity contribution in [2.45, 2.75) is 19.3 Å². The first-order valence-electron chi connectivity index (χ1n) is 9.31. The van der Waals surface area contributed by atoms with Crippen LogP contribution in [0.2, 0.25) is 0 Å². The van der Waals surface area contributed by atoms with Gasteiger partial charge in [0.25, 0.3) is 0 Å². The minimum Gasteiger partial charge on any atom is -0.369 e. The van der Waals surface area contributed by atoms with Crippen molar-refractivity contribution in [1.29, 1.82) is 0 Å². The van der Waals surface area contributed by atoms with Gasteiger partial charge in [0.15, 0.2) is 0 Å². The van der Waals surface area contributed by atoms with Crippen LogP contribution >= 0.6 is 0 Å². The van der Waals surface area contributed by atoms with Gasteiger partial charge in [-0.15, -0.1) is 0 Å². The number of carbonyl (C=O) groups is 2. The fourth-order valence-electron chi connectivity index (χ4n) is 3.95. The van der Waals surface area contributed by atoms with E-state index in [-0.39, 0.29) is 30.1 Å². The summed E-state index contributed by atoms with van der Waals surface area (Å²) in [5, 5.41) is 3.05. The number of carbonyl (C=O) groups excluding carboxylic acids is 2. The highest BCUT2D eigenvalue weighted by atomic mass is 19.1. The Balaban J connectivity index is 1.45. The van der Waals surface area contributed by atoms with Gasteiger partial charge in [-0.25, -0.2) is 4.39 Å². The van der Waals surface area contributed by atoms with E-state index in [1.54, 1.807) is 12.1 Å². The second-order valence-corrected chi connectivity index (χ2v) is 7.34. The average Bonchev–Trinajstić information content (AvgIpc) is 3.08. The van der Waals surface area contributed by atoms with Gasteiger partial charge in [0.1, 0.15) is 5.82 Å². The molecular formula is C19H27FN4O2. The van der Waals surface area contributed by atoms with Gasteiger partial charge in [0, 0.05) is 26.2 Å². The lowest BCUT2D eigenvalue weighted by molar-refractivity contribution is -0.128. The van der Waals surface area contributed by atoms with Crippen LogP contribution in [0.5, 0.6) is 0 Å². The molecule has 2 atom stereocenters. The zero-order chi connectivity index (χ0) is 18.5. The van der Waals surface area contributed by atoms with E-state index in [2.05, 4.69) is 5.32 Å². The summed E-state index contributed by atoms with van der Waals surface area (Å²) in [5.41, 5.74) is 5.88. The van der Waals surface area contributed by atoms with Crippen molar-refractivity contribution in [3.05, 3.63) is 30.1 Å². The Bertz CT molecular complexity index is 654. The lowest BCUT2D eigenvalue weighted by Crippen LogP contribution is -2.46. The maximum absolute atomic E-state index is 13.9. The molecule has 6 nitrogen and oxygen atoms in total. The van der Waals surface area contributed by atoms with Crippen molar-refractivity contribution >= 4 is 17.5 Å². The van der Waals surface area contributed by atoms with Crippen LogP contribution < -0.4 is 16.0 Å². The van der Waals surface area contributed by atoms with Crippen LogP contribution in [0.1, 0.15) is 19.3 Å². The van der Waals surface area contributed by atoms with E-state index in [9.17, 15) is 14.0 Å². The molecule has 2 fully saturated rings. The number of nitrogens with one attached hydrogen (secondary N) is 1. The van der Waals surface area contributed by atoms with Crippen molar-refractivity contribution in [2.75, 3.05) is 44.2 Å². The summed E-state index contributed by atoms with van der Waals surface area (Å²) in [6, 6.07) is 6.81. The van der Waals surface area contributed by atoms with Crippen molar-refractivity contribution < 1.29 is 14.0 Å². The molecule has 2 saturated heterocycles. The van der Waals surface area contributed by atoms with E-state index in [1.807, 2.05) is 15.9 Å². The van der Waals surface area contributed by atoms with Crippen LogP contribution in [-0.4, -0.2) is 56.0 Å². The molecule has 1 aromatic rings. The highest BCUT2D eigenvalue weighted by Gasteiger charge is 2.28. The Hall–Kier alpha value is -2.15. The van der Waals surface area contributed by atoms with E-state index >= 15 is 0 Å². The number of hydrogen-bond donors (Lipinski definition) is 2. The number of piperidine rings is 1. The average molecular weight is 362 g/mol. The van der Waals surface area contributed by atoms with E-state index in [0.29, 0.717) is 24.7 Å². The van der Waals surface area contributed by atoms with Gasteiger partial charge in [-0.2, -0.15) is 0 Å². The lowest BCUT2D eigenvalue weighted by Gasteiger charge is -2.31.